The number of hydrogen-bond donors (Lipinski definition) is 1. The molecule has 0 aliphatic rings. The lowest BCUT2D eigenvalue weighted by Gasteiger charge is -2.13. The highest BCUT2D eigenvalue weighted by Crippen LogP contribution is 2.20. The number of ether oxygens (including phenoxy) is 1. The van der Waals surface area contributed by atoms with Gasteiger partial charge in [0.1, 0.15) is 16.8 Å². The van der Waals surface area contributed by atoms with Gasteiger partial charge in [-0.1, -0.05) is 18.2 Å². The Morgan fingerprint density at radius 3 is 3.05 bits per heavy atom. The quantitative estimate of drug-likeness (QED) is 0.879. The van der Waals surface area contributed by atoms with E-state index in [2.05, 4.69) is 17.2 Å². The van der Waals surface area contributed by atoms with Gasteiger partial charge in [0.05, 0.1) is 6.04 Å². The predicted molar refractivity (Wildman–Crippen MR) is 74.9 cm³/mol. The van der Waals surface area contributed by atoms with E-state index in [9.17, 15) is 0 Å². The standard InChI is InChI=1S/C14H15N3OS/c1-11(14-16-7-9-19-14)17-10-12-4-2-3-5-13(12)18-8-6-15/h2-5,7,9,11,17H,8,10H2,1H3. The van der Waals surface area contributed by atoms with Crippen molar-refractivity contribution in [2.45, 2.75) is 19.5 Å². The Bertz CT molecular complexity index is 548. The first-order valence-electron chi connectivity index (χ1n) is 6.01. The van der Waals surface area contributed by atoms with Crippen molar-refractivity contribution in [3.8, 4) is 11.8 Å². The largest absolute Gasteiger partial charge is 0.478 e. The van der Waals surface area contributed by atoms with Crippen LogP contribution in [0, 0.1) is 11.3 Å². The minimum absolute atomic E-state index is 0.0685. The van der Waals surface area contributed by atoms with Gasteiger partial charge in [0.25, 0.3) is 0 Å². The molecular formula is C14H15N3OS. The molecule has 1 aromatic carbocycles. The number of nitriles is 1. The van der Waals surface area contributed by atoms with Crippen LogP contribution in [0.25, 0.3) is 0 Å². The van der Waals surface area contributed by atoms with Gasteiger partial charge in [-0.2, -0.15) is 5.26 Å². The number of hydrogen-bond acceptors (Lipinski definition) is 5. The van der Waals surface area contributed by atoms with Crippen molar-refractivity contribution in [1.82, 2.24) is 10.3 Å². The van der Waals surface area contributed by atoms with Crippen LogP contribution in [0.15, 0.2) is 35.8 Å². The topological polar surface area (TPSA) is 57.9 Å². The smallest absolute Gasteiger partial charge is 0.174 e. The first kappa shape index (κ1) is 13.5. The van der Waals surface area contributed by atoms with Crippen molar-refractivity contribution < 1.29 is 4.74 Å². The Morgan fingerprint density at radius 1 is 1.47 bits per heavy atom. The average molecular weight is 273 g/mol. The number of nitrogens with one attached hydrogen (secondary N) is 1. The second kappa shape index (κ2) is 6.88. The van der Waals surface area contributed by atoms with Gasteiger partial charge < -0.3 is 10.1 Å². The van der Waals surface area contributed by atoms with Crippen molar-refractivity contribution in [2.75, 3.05) is 6.61 Å². The highest BCUT2D eigenvalue weighted by atomic mass is 32.1. The third-order valence-electron chi connectivity index (χ3n) is 2.69. The molecule has 2 aromatic rings. The SMILES string of the molecule is CC(NCc1ccccc1OCC#N)c1nccs1. The van der Waals surface area contributed by atoms with Crippen LogP contribution >= 0.6 is 11.3 Å². The van der Waals surface area contributed by atoms with E-state index in [4.69, 9.17) is 10.00 Å². The summed E-state index contributed by atoms with van der Waals surface area (Å²) in [5.41, 5.74) is 1.04. The van der Waals surface area contributed by atoms with Crippen LogP contribution in [0.2, 0.25) is 0 Å². The summed E-state index contributed by atoms with van der Waals surface area (Å²) in [6.07, 6.45) is 1.81. The second-order valence-electron chi connectivity index (χ2n) is 4.03. The Kier molecular flexibility index (Phi) is 4.90. The van der Waals surface area contributed by atoms with Crippen molar-refractivity contribution in [3.63, 3.8) is 0 Å². The van der Waals surface area contributed by atoms with E-state index in [0.29, 0.717) is 6.54 Å². The first-order valence-corrected chi connectivity index (χ1v) is 6.89. The van der Waals surface area contributed by atoms with E-state index in [0.717, 1.165) is 16.3 Å². The van der Waals surface area contributed by atoms with Crippen molar-refractivity contribution >= 4 is 11.3 Å². The minimum atomic E-state index is 0.0685. The summed E-state index contributed by atoms with van der Waals surface area (Å²) in [5.74, 6) is 0.753. The van der Waals surface area contributed by atoms with E-state index in [1.54, 1.807) is 11.3 Å². The van der Waals surface area contributed by atoms with Gasteiger partial charge in [-0.3, -0.25) is 0 Å². The van der Waals surface area contributed by atoms with Crippen LogP contribution < -0.4 is 10.1 Å². The lowest BCUT2D eigenvalue weighted by Crippen LogP contribution is -2.18. The summed E-state index contributed by atoms with van der Waals surface area (Å²) >= 11 is 1.64. The number of benzene rings is 1. The number of aromatic nitrogens is 1. The maximum atomic E-state index is 8.56. The molecular weight excluding hydrogens is 258 g/mol. The molecule has 1 aromatic heterocycles. The molecule has 1 unspecified atom stereocenters. The molecule has 0 saturated carbocycles. The van der Waals surface area contributed by atoms with Gasteiger partial charge in [-0.05, 0) is 13.0 Å². The van der Waals surface area contributed by atoms with Crippen LogP contribution in [-0.2, 0) is 6.54 Å². The Balaban J connectivity index is 1.97. The van der Waals surface area contributed by atoms with E-state index in [1.807, 2.05) is 41.9 Å². The normalized spacial score (nSPS) is 11.8. The molecule has 4 nitrogen and oxygen atoms in total. The fraction of sp³-hybridized carbons (Fsp3) is 0.286. The fourth-order valence-electron chi connectivity index (χ4n) is 1.70. The maximum Gasteiger partial charge on any atom is 0.174 e. The third kappa shape index (κ3) is 3.78. The molecule has 2 rings (SSSR count). The summed E-state index contributed by atoms with van der Waals surface area (Å²) in [6, 6.07) is 9.92. The number of para-hydroxylation sites is 1. The molecule has 0 spiro atoms. The molecule has 0 saturated heterocycles. The van der Waals surface area contributed by atoms with Crippen LogP contribution in [0.3, 0.4) is 0 Å². The summed E-state index contributed by atoms with van der Waals surface area (Å²) in [4.78, 5) is 4.28. The zero-order valence-electron chi connectivity index (χ0n) is 10.7. The van der Waals surface area contributed by atoms with Crippen molar-refractivity contribution in [2.24, 2.45) is 0 Å². The van der Waals surface area contributed by atoms with E-state index < -0.39 is 0 Å². The van der Waals surface area contributed by atoms with Gasteiger partial charge >= 0.3 is 0 Å². The van der Waals surface area contributed by atoms with Crippen molar-refractivity contribution in [1.29, 1.82) is 5.26 Å². The summed E-state index contributed by atoms with van der Waals surface area (Å²) < 4.78 is 5.40. The highest BCUT2D eigenvalue weighted by Gasteiger charge is 2.09. The van der Waals surface area contributed by atoms with Gasteiger partial charge in [-0.25, -0.2) is 4.98 Å². The number of thiazole rings is 1. The zero-order chi connectivity index (χ0) is 13.5. The van der Waals surface area contributed by atoms with E-state index in [1.165, 1.54) is 0 Å². The monoisotopic (exact) mass is 273 g/mol. The Morgan fingerprint density at radius 2 is 2.32 bits per heavy atom. The molecule has 0 bridgehead atoms. The lowest BCUT2D eigenvalue weighted by atomic mass is 10.2. The molecule has 1 atom stereocenters. The Hall–Kier alpha value is -1.90. The van der Waals surface area contributed by atoms with Gasteiger partial charge in [0, 0.05) is 23.7 Å². The van der Waals surface area contributed by atoms with Crippen LogP contribution in [0.5, 0.6) is 5.75 Å². The molecule has 0 fully saturated rings. The van der Waals surface area contributed by atoms with Gasteiger partial charge in [0.15, 0.2) is 6.61 Å². The molecule has 19 heavy (non-hydrogen) atoms. The van der Waals surface area contributed by atoms with E-state index >= 15 is 0 Å². The van der Waals surface area contributed by atoms with Crippen LogP contribution in [0.4, 0.5) is 0 Å². The molecule has 1 heterocycles. The minimum Gasteiger partial charge on any atom is -0.478 e. The molecule has 0 radical (unpaired) electrons. The molecule has 1 N–H and O–H groups in total. The highest BCUT2D eigenvalue weighted by molar-refractivity contribution is 7.09. The predicted octanol–water partition coefficient (Wildman–Crippen LogP) is 2.90. The summed E-state index contributed by atoms with van der Waals surface area (Å²) in [6.45, 7) is 2.83. The molecule has 5 heteroatoms. The molecule has 0 aliphatic heterocycles. The average Bonchev–Trinajstić information content (AvgIpc) is 2.97. The number of nitrogens with zero attached hydrogens (tertiary/aromatic N) is 2. The Labute approximate surface area is 116 Å². The number of rotatable bonds is 6. The third-order valence-corrected chi connectivity index (χ3v) is 3.64. The maximum absolute atomic E-state index is 8.56. The van der Waals surface area contributed by atoms with Gasteiger partial charge in [-0.15, -0.1) is 11.3 Å². The van der Waals surface area contributed by atoms with Gasteiger partial charge in [0.2, 0.25) is 0 Å². The zero-order valence-corrected chi connectivity index (χ0v) is 11.5. The van der Waals surface area contributed by atoms with E-state index in [-0.39, 0.29) is 12.6 Å². The fourth-order valence-corrected chi connectivity index (χ4v) is 2.37. The van der Waals surface area contributed by atoms with Crippen LogP contribution in [0.1, 0.15) is 23.5 Å². The van der Waals surface area contributed by atoms with Crippen LogP contribution in [-0.4, -0.2) is 11.6 Å². The summed E-state index contributed by atoms with van der Waals surface area (Å²) in [7, 11) is 0. The lowest BCUT2D eigenvalue weighted by molar-refractivity contribution is 0.361. The second-order valence-corrected chi connectivity index (χ2v) is 4.95. The van der Waals surface area contributed by atoms with Crippen molar-refractivity contribution in [3.05, 3.63) is 46.4 Å². The molecule has 98 valence electrons. The molecule has 0 aliphatic carbocycles. The summed E-state index contributed by atoms with van der Waals surface area (Å²) in [5, 5.41) is 15.0. The molecule has 0 amide bonds. The first-order chi connectivity index (χ1) is 9.31.